The van der Waals surface area contributed by atoms with Crippen molar-refractivity contribution in [2.75, 3.05) is 7.05 Å². The predicted octanol–water partition coefficient (Wildman–Crippen LogP) is 1.55. The molecular formula is C8H15IN2. The predicted molar refractivity (Wildman–Crippen MR) is 54.8 cm³/mol. The number of nitrogens with one attached hydrogen (secondary N) is 1. The van der Waals surface area contributed by atoms with E-state index in [1.165, 1.54) is 25.7 Å². The van der Waals surface area contributed by atoms with Crippen LogP contribution in [0, 0.1) is 0 Å². The number of rotatable bonds is 1. The number of fused-ring (bicyclic) bond motifs is 2. The monoisotopic (exact) mass is 266 g/mol. The fraction of sp³-hybridized carbons (Fsp3) is 1.00. The van der Waals surface area contributed by atoms with Gasteiger partial charge in [0.1, 0.15) is 0 Å². The molecule has 0 aromatic rings. The molecule has 0 aromatic heterocycles. The Morgan fingerprint density at radius 1 is 1.27 bits per heavy atom. The molecule has 1 unspecified atom stereocenters. The first kappa shape index (κ1) is 8.26. The highest BCUT2D eigenvalue weighted by molar-refractivity contribution is 14.1. The highest BCUT2D eigenvalue weighted by Gasteiger charge is 2.39. The zero-order chi connectivity index (χ0) is 7.84. The summed E-state index contributed by atoms with van der Waals surface area (Å²) >= 11 is 2.30. The van der Waals surface area contributed by atoms with Crippen molar-refractivity contribution in [3.63, 3.8) is 0 Å². The van der Waals surface area contributed by atoms with E-state index in [4.69, 9.17) is 0 Å². The Labute approximate surface area is 82.2 Å². The lowest BCUT2D eigenvalue weighted by Gasteiger charge is -2.36. The van der Waals surface area contributed by atoms with Gasteiger partial charge in [-0.15, -0.1) is 0 Å². The molecule has 2 aliphatic heterocycles. The third-order valence-electron chi connectivity index (χ3n) is 3.31. The van der Waals surface area contributed by atoms with Crippen molar-refractivity contribution in [2.24, 2.45) is 0 Å². The van der Waals surface area contributed by atoms with Gasteiger partial charge in [0.15, 0.2) is 0 Å². The number of nitrogens with zero attached hydrogens (tertiary/aromatic N) is 1. The van der Waals surface area contributed by atoms with Gasteiger partial charge in [-0.2, -0.15) is 0 Å². The Kier molecular flexibility index (Phi) is 2.39. The second kappa shape index (κ2) is 3.18. The van der Waals surface area contributed by atoms with Crippen molar-refractivity contribution in [1.29, 1.82) is 0 Å². The van der Waals surface area contributed by atoms with Gasteiger partial charge in [-0.25, -0.2) is 0 Å². The number of likely N-dealkylation sites (N-methyl/N-ethyl adjacent to an activating group) is 1. The maximum absolute atomic E-state index is 3.39. The molecule has 0 saturated carbocycles. The summed E-state index contributed by atoms with van der Waals surface area (Å²) in [4.78, 5) is 2.57. The normalized spacial score (nSPS) is 44.7. The minimum Gasteiger partial charge on any atom is -0.299 e. The van der Waals surface area contributed by atoms with Crippen LogP contribution in [0.25, 0.3) is 0 Å². The summed E-state index contributed by atoms with van der Waals surface area (Å²) < 4.78 is 3.39. The Morgan fingerprint density at radius 3 is 2.73 bits per heavy atom. The van der Waals surface area contributed by atoms with Crippen molar-refractivity contribution in [3.8, 4) is 0 Å². The minimum absolute atomic E-state index is 0.749. The summed E-state index contributed by atoms with van der Waals surface area (Å²) in [6, 6.07) is 2.48. The molecule has 2 nitrogen and oxygen atoms in total. The zero-order valence-corrected chi connectivity index (χ0v) is 9.04. The average molecular weight is 266 g/mol. The van der Waals surface area contributed by atoms with Gasteiger partial charge in [-0.3, -0.25) is 8.43 Å². The summed E-state index contributed by atoms with van der Waals surface area (Å²) in [7, 11) is 2.28. The van der Waals surface area contributed by atoms with Gasteiger partial charge in [-0.05, 0) is 32.7 Å². The van der Waals surface area contributed by atoms with Crippen LogP contribution in [0.3, 0.4) is 0 Å². The standard InChI is InChI=1S/C8H15IN2/c1-11-6-2-4-7(10-9)8(11)5-3-6/h6-8,10H,2-5H2,1H3/t6-,7?,8-/m1/s1. The molecule has 2 fully saturated rings. The fourth-order valence-electron chi connectivity index (χ4n) is 2.57. The molecule has 3 atom stereocenters. The van der Waals surface area contributed by atoms with Gasteiger partial charge >= 0.3 is 0 Å². The summed E-state index contributed by atoms with van der Waals surface area (Å²) in [6.07, 6.45) is 5.61. The van der Waals surface area contributed by atoms with E-state index in [2.05, 4.69) is 38.3 Å². The van der Waals surface area contributed by atoms with E-state index in [1.54, 1.807) is 0 Å². The minimum atomic E-state index is 0.749. The van der Waals surface area contributed by atoms with E-state index in [9.17, 15) is 0 Å². The maximum atomic E-state index is 3.39. The molecular weight excluding hydrogens is 251 g/mol. The first-order valence-electron chi connectivity index (χ1n) is 4.41. The van der Waals surface area contributed by atoms with Gasteiger partial charge in [-0.1, -0.05) is 0 Å². The van der Waals surface area contributed by atoms with Gasteiger partial charge in [0.25, 0.3) is 0 Å². The second-order valence-corrected chi connectivity index (χ2v) is 4.38. The van der Waals surface area contributed by atoms with Crippen LogP contribution in [0.1, 0.15) is 25.7 Å². The molecule has 0 amide bonds. The van der Waals surface area contributed by atoms with Gasteiger partial charge in [0, 0.05) is 41.0 Å². The van der Waals surface area contributed by atoms with E-state index in [0.29, 0.717) is 0 Å². The zero-order valence-electron chi connectivity index (χ0n) is 6.89. The molecule has 3 heteroatoms. The molecule has 64 valence electrons. The van der Waals surface area contributed by atoms with Crippen LogP contribution < -0.4 is 3.53 Å². The van der Waals surface area contributed by atoms with Gasteiger partial charge in [0.05, 0.1) is 0 Å². The molecule has 2 bridgehead atoms. The highest BCUT2D eigenvalue weighted by Crippen LogP contribution is 2.34. The number of hydrogen-bond acceptors (Lipinski definition) is 2. The lowest BCUT2D eigenvalue weighted by Crippen LogP contribution is -2.48. The molecule has 0 aromatic carbocycles. The highest BCUT2D eigenvalue weighted by atomic mass is 127. The van der Waals surface area contributed by atoms with Crippen LogP contribution in [0.4, 0.5) is 0 Å². The van der Waals surface area contributed by atoms with Gasteiger partial charge < -0.3 is 0 Å². The van der Waals surface area contributed by atoms with E-state index < -0.39 is 0 Å². The van der Waals surface area contributed by atoms with E-state index in [0.717, 1.165) is 18.1 Å². The molecule has 11 heavy (non-hydrogen) atoms. The van der Waals surface area contributed by atoms with E-state index in [1.807, 2.05) is 0 Å². The fourth-order valence-corrected chi connectivity index (χ4v) is 3.29. The molecule has 0 aliphatic carbocycles. The van der Waals surface area contributed by atoms with E-state index >= 15 is 0 Å². The SMILES string of the molecule is CN1[C@@H]2CCC(NI)[C@H]1CC2. The van der Waals surface area contributed by atoms with Crippen LogP contribution in [-0.2, 0) is 0 Å². The quantitative estimate of drug-likeness (QED) is 0.572. The van der Waals surface area contributed by atoms with Crippen LogP contribution in [0.5, 0.6) is 0 Å². The first-order chi connectivity index (χ1) is 5.33. The Morgan fingerprint density at radius 2 is 2.00 bits per heavy atom. The van der Waals surface area contributed by atoms with Crippen LogP contribution in [0.15, 0.2) is 0 Å². The largest absolute Gasteiger partial charge is 0.299 e. The molecule has 2 aliphatic rings. The van der Waals surface area contributed by atoms with Crippen molar-refractivity contribution in [1.82, 2.24) is 8.43 Å². The molecule has 0 spiro atoms. The van der Waals surface area contributed by atoms with Crippen molar-refractivity contribution in [2.45, 2.75) is 43.8 Å². The Hall–Kier alpha value is 0.650. The smallest absolute Gasteiger partial charge is 0.0319 e. The van der Waals surface area contributed by atoms with Crippen LogP contribution in [0.2, 0.25) is 0 Å². The molecule has 2 saturated heterocycles. The topological polar surface area (TPSA) is 15.3 Å². The Balaban J connectivity index is 2.08. The molecule has 1 N–H and O–H groups in total. The lowest BCUT2D eigenvalue weighted by atomic mass is 9.99. The summed E-state index contributed by atoms with van der Waals surface area (Å²) in [5, 5.41) is 0. The van der Waals surface area contributed by atoms with E-state index in [-0.39, 0.29) is 0 Å². The molecule has 0 radical (unpaired) electrons. The average Bonchev–Trinajstić information content (AvgIpc) is 2.31. The summed E-state index contributed by atoms with van der Waals surface area (Å²) in [6.45, 7) is 0. The van der Waals surface area contributed by atoms with Crippen LogP contribution >= 0.6 is 22.9 Å². The van der Waals surface area contributed by atoms with Crippen molar-refractivity contribution < 1.29 is 0 Å². The summed E-state index contributed by atoms with van der Waals surface area (Å²) in [5.41, 5.74) is 0. The third kappa shape index (κ3) is 1.31. The van der Waals surface area contributed by atoms with Crippen molar-refractivity contribution in [3.05, 3.63) is 0 Å². The number of piperidine rings is 1. The lowest BCUT2D eigenvalue weighted by molar-refractivity contribution is 0.154. The maximum Gasteiger partial charge on any atom is 0.0319 e. The Bertz CT molecular complexity index is 151. The first-order valence-corrected chi connectivity index (χ1v) is 5.49. The van der Waals surface area contributed by atoms with Crippen LogP contribution in [-0.4, -0.2) is 30.1 Å². The molecule has 2 rings (SSSR count). The number of halogens is 1. The number of hydrogen-bond donors (Lipinski definition) is 1. The van der Waals surface area contributed by atoms with Gasteiger partial charge in [0.2, 0.25) is 0 Å². The van der Waals surface area contributed by atoms with Crippen molar-refractivity contribution >= 4 is 22.9 Å². The third-order valence-corrected chi connectivity index (χ3v) is 4.11. The summed E-state index contributed by atoms with van der Waals surface area (Å²) in [5.74, 6) is 0. The second-order valence-electron chi connectivity index (χ2n) is 3.76. The molecule has 2 heterocycles.